The number of fused-ring (bicyclic) bond motifs is 3. The van der Waals surface area contributed by atoms with Gasteiger partial charge < -0.3 is 31.2 Å². The Hall–Kier alpha value is -5.78. The van der Waals surface area contributed by atoms with Gasteiger partial charge >= 0.3 is 0 Å². The van der Waals surface area contributed by atoms with Crippen LogP contribution in [0, 0.1) is 27.7 Å². The first-order valence-corrected chi connectivity index (χ1v) is 14.4. The zero-order valence-corrected chi connectivity index (χ0v) is 24.6. The van der Waals surface area contributed by atoms with Crippen molar-refractivity contribution in [3.63, 3.8) is 0 Å². The molecule has 0 saturated carbocycles. The predicted octanol–water partition coefficient (Wildman–Crippen LogP) is 4.23. The Morgan fingerprint density at radius 1 is 0.545 bits per heavy atom. The predicted molar refractivity (Wildman–Crippen MR) is 170 cm³/mol. The van der Waals surface area contributed by atoms with E-state index >= 15 is 0 Å². The Balaban J connectivity index is 1.26. The molecule has 2 aliphatic heterocycles. The van der Waals surface area contributed by atoms with Gasteiger partial charge in [-0.15, -0.1) is 0 Å². The molecule has 12 nitrogen and oxygen atoms in total. The summed E-state index contributed by atoms with van der Waals surface area (Å²) in [5.74, 6) is 1.88. The number of aliphatic imine (C=N–C) groups is 2. The van der Waals surface area contributed by atoms with Crippen LogP contribution in [0.3, 0.4) is 0 Å². The molecule has 0 unspecified atom stereocenters. The zero-order valence-electron chi connectivity index (χ0n) is 24.6. The molecule has 6 aromatic rings. The number of guanidine groups is 2. The fourth-order valence-corrected chi connectivity index (χ4v) is 5.96. The van der Waals surface area contributed by atoms with Gasteiger partial charge in [0.1, 0.15) is 0 Å². The molecular weight excluding hydrogens is 552 g/mol. The molecule has 0 amide bonds. The number of nitrogens with zero attached hydrogens (tertiary/aromatic N) is 6. The van der Waals surface area contributed by atoms with Gasteiger partial charge in [-0.2, -0.15) is 9.98 Å². The van der Waals surface area contributed by atoms with E-state index in [2.05, 4.69) is 83.2 Å². The van der Waals surface area contributed by atoms with E-state index in [0.717, 1.165) is 22.1 Å². The summed E-state index contributed by atoms with van der Waals surface area (Å²) in [6.45, 7) is 8.32. The lowest BCUT2D eigenvalue weighted by molar-refractivity contribution is 0.197. The summed E-state index contributed by atoms with van der Waals surface area (Å²) < 4.78 is 0. The standard InChI is InChI=1S/C32H30N12/c1-17-13-21-22(14-18(17)2)36-27(35-21)39-29-41-31(25-9-5-7-11-33-25)32(42-29,26-10-6-8-12-34-26)44-30(43-31)40-28-37-23-15-19(3)20(4)16-24(23)38-28/h5-16H,1-4H3,(H3,35,36,39,41,42)(H3,37,38,40,43,44). The third kappa shape index (κ3) is 3.91. The highest BCUT2D eigenvalue weighted by Gasteiger charge is 2.67. The number of aromatic nitrogens is 6. The van der Waals surface area contributed by atoms with Crippen LogP contribution in [0.2, 0.25) is 0 Å². The Morgan fingerprint density at radius 2 is 0.955 bits per heavy atom. The molecule has 218 valence electrons. The van der Waals surface area contributed by atoms with Crippen LogP contribution in [-0.2, 0) is 11.3 Å². The van der Waals surface area contributed by atoms with Gasteiger partial charge in [-0.3, -0.25) is 9.97 Å². The first kappa shape index (κ1) is 25.9. The number of hydrogen-bond donors (Lipinski definition) is 6. The van der Waals surface area contributed by atoms with Gasteiger partial charge in [0.15, 0.2) is 0 Å². The Kier molecular flexibility index (Phi) is 5.51. The number of aryl methyl sites for hydroxylation is 4. The number of pyridine rings is 2. The molecule has 2 aliphatic rings. The number of nitrogens with one attached hydrogen (secondary N) is 6. The third-order valence-electron chi connectivity index (χ3n) is 8.49. The van der Waals surface area contributed by atoms with Crippen LogP contribution < -0.4 is 21.3 Å². The van der Waals surface area contributed by atoms with Crippen molar-refractivity contribution in [3.8, 4) is 0 Å². The first-order chi connectivity index (χ1) is 21.3. The minimum atomic E-state index is -1.08. The normalized spacial score (nSPS) is 20.6. The van der Waals surface area contributed by atoms with Gasteiger partial charge in [-0.05, 0) is 98.5 Å². The van der Waals surface area contributed by atoms with Crippen LogP contribution in [0.1, 0.15) is 33.6 Å². The SMILES string of the molecule is Cc1cc2nc(N=C3NC4(c5ccccn5)NC(=Nc5nc6cc(C)c(C)cc6[nH]5)NC4(c4ccccn4)N3)[nH]c2cc1C. The summed E-state index contributed by atoms with van der Waals surface area (Å²) in [5.41, 5.74) is 7.50. The molecule has 12 heteroatoms. The maximum atomic E-state index is 4.87. The lowest BCUT2D eigenvalue weighted by Crippen LogP contribution is -2.61. The van der Waals surface area contributed by atoms with Crippen molar-refractivity contribution in [1.82, 2.24) is 51.2 Å². The number of imidazole rings is 2. The van der Waals surface area contributed by atoms with E-state index in [0.29, 0.717) is 35.2 Å². The summed E-state index contributed by atoms with van der Waals surface area (Å²) in [5, 5.41) is 14.3. The second-order valence-electron chi connectivity index (χ2n) is 11.4. The summed E-state index contributed by atoms with van der Waals surface area (Å²) in [4.78, 5) is 35.4. The van der Waals surface area contributed by atoms with Crippen molar-refractivity contribution in [3.05, 3.63) is 107 Å². The lowest BCUT2D eigenvalue weighted by Gasteiger charge is -2.36. The summed E-state index contributed by atoms with van der Waals surface area (Å²) in [7, 11) is 0. The Morgan fingerprint density at radius 3 is 1.34 bits per heavy atom. The van der Waals surface area contributed by atoms with Crippen LogP contribution in [0.25, 0.3) is 22.1 Å². The Labute approximate surface area is 252 Å². The van der Waals surface area contributed by atoms with Gasteiger partial charge in [0.25, 0.3) is 0 Å². The minimum absolute atomic E-state index is 0.467. The average molecular weight is 583 g/mol. The molecule has 4 aromatic heterocycles. The quantitative estimate of drug-likeness (QED) is 0.180. The van der Waals surface area contributed by atoms with E-state index in [-0.39, 0.29) is 0 Å². The average Bonchev–Trinajstić information content (AvgIpc) is 3.74. The van der Waals surface area contributed by atoms with Gasteiger partial charge in [0.05, 0.1) is 33.5 Å². The van der Waals surface area contributed by atoms with Crippen molar-refractivity contribution < 1.29 is 0 Å². The van der Waals surface area contributed by atoms with E-state index in [9.17, 15) is 0 Å². The van der Waals surface area contributed by atoms with Crippen molar-refractivity contribution in [1.29, 1.82) is 0 Å². The van der Waals surface area contributed by atoms with E-state index in [1.165, 1.54) is 22.3 Å². The molecule has 44 heavy (non-hydrogen) atoms. The highest BCUT2D eigenvalue weighted by Crippen LogP contribution is 2.42. The molecule has 6 heterocycles. The van der Waals surface area contributed by atoms with Crippen molar-refractivity contribution in [2.75, 3.05) is 0 Å². The lowest BCUT2D eigenvalue weighted by atomic mass is 9.88. The van der Waals surface area contributed by atoms with Gasteiger partial charge in [-0.25, -0.2) is 9.97 Å². The molecule has 0 aliphatic carbocycles. The second-order valence-corrected chi connectivity index (χ2v) is 11.4. The third-order valence-corrected chi connectivity index (χ3v) is 8.49. The maximum Gasteiger partial charge on any atom is 0.231 e. The van der Waals surface area contributed by atoms with Crippen LogP contribution in [0.5, 0.6) is 0 Å². The highest BCUT2D eigenvalue weighted by atomic mass is 15.6. The molecular formula is C32H30N12. The van der Waals surface area contributed by atoms with E-state index < -0.39 is 11.3 Å². The van der Waals surface area contributed by atoms with Crippen LogP contribution >= 0.6 is 0 Å². The molecule has 6 N–H and O–H groups in total. The second kappa shape index (κ2) is 9.36. The number of hydrogen-bond acceptors (Lipinski definition) is 6. The highest BCUT2D eigenvalue weighted by molar-refractivity contribution is 5.95. The van der Waals surface area contributed by atoms with Gasteiger partial charge in [-0.1, -0.05) is 12.1 Å². The topological polar surface area (TPSA) is 156 Å². The van der Waals surface area contributed by atoms with Crippen molar-refractivity contribution in [2.45, 2.75) is 39.0 Å². The van der Waals surface area contributed by atoms with Crippen LogP contribution in [0.15, 0.2) is 83.0 Å². The molecule has 2 aromatic carbocycles. The number of rotatable bonds is 4. The van der Waals surface area contributed by atoms with Crippen LogP contribution in [0.4, 0.5) is 11.9 Å². The largest absolute Gasteiger partial charge is 0.324 e. The Bertz CT molecular complexity index is 1880. The first-order valence-electron chi connectivity index (χ1n) is 14.4. The van der Waals surface area contributed by atoms with Crippen molar-refractivity contribution >= 4 is 45.9 Å². The smallest absolute Gasteiger partial charge is 0.231 e. The van der Waals surface area contributed by atoms with Gasteiger partial charge in [0, 0.05) is 12.4 Å². The van der Waals surface area contributed by atoms with Crippen molar-refractivity contribution in [2.24, 2.45) is 9.98 Å². The molecule has 0 radical (unpaired) electrons. The zero-order chi connectivity index (χ0) is 30.1. The molecule has 0 spiro atoms. The fraction of sp³-hybridized carbons (Fsp3) is 0.188. The fourth-order valence-electron chi connectivity index (χ4n) is 5.96. The van der Waals surface area contributed by atoms with Crippen LogP contribution in [-0.4, -0.2) is 41.8 Å². The summed E-state index contributed by atoms with van der Waals surface area (Å²) in [6, 6.07) is 19.9. The molecule has 0 bridgehead atoms. The van der Waals surface area contributed by atoms with Gasteiger partial charge in [0.2, 0.25) is 35.1 Å². The van der Waals surface area contributed by atoms with E-state index in [4.69, 9.17) is 29.9 Å². The molecule has 0 atom stereocenters. The summed E-state index contributed by atoms with van der Waals surface area (Å²) >= 11 is 0. The molecule has 2 saturated heterocycles. The monoisotopic (exact) mass is 582 g/mol. The van der Waals surface area contributed by atoms with E-state index in [1.807, 2.05) is 36.4 Å². The minimum Gasteiger partial charge on any atom is -0.324 e. The number of H-pyrrole nitrogens is 2. The van der Waals surface area contributed by atoms with E-state index in [1.54, 1.807) is 12.4 Å². The molecule has 8 rings (SSSR count). The number of benzene rings is 2. The summed E-state index contributed by atoms with van der Waals surface area (Å²) in [6.07, 6.45) is 3.52. The maximum absolute atomic E-state index is 4.87. The molecule has 2 fully saturated rings. The number of aromatic amines is 2.